The van der Waals surface area contributed by atoms with E-state index in [0.29, 0.717) is 5.92 Å². The maximum absolute atomic E-state index is 11.6. The van der Waals surface area contributed by atoms with Gasteiger partial charge in [0.05, 0.1) is 7.11 Å². The number of ether oxygens (including phenoxy) is 1. The van der Waals surface area contributed by atoms with E-state index in [9.17, 15) is 4.79 Å². The number of esters is 1. The largest absolute Gasteiger partial charge is 0.468 e. The molecule has 0 saturated carbocycles. The van der Waals surface area contributed by atoms with Gasteiger partial charge in [0, 0.05) is 17.6 Å². The van der Waals surface area contributed by atoms with Crippen molar-refractivity contribution in [1.82, 2.24) is 4.90 Å². The number of benzene rings is 1. The van der Waals surface area contributed by atoms with Crippen molar-refractivity contribution in [3.63, 3.8) is 0 Å². The van der Waals surface area contributed by atoms with Crippen LogP contribution in [0.3, 0.4) is 0 Å². The normalized spacial score (nSPS) is 21.2. The van der Waals surface area contributed by atoms with Crippen molar-refractivity contribution >= 4 is 21.9 Å². The SMILES string of the molecule is COC(=O)C(C)N1Cc2cccc(Br)c2C(C)C1. The zero-order valence-electron chi connectivity index (χ0n) is 10.9. The van der Waals surface area contributed by atoms with E-state index >= 15 is 0 Å². The summed E-state index contributed by atoms with van der Waals surface area (Å²) in [6, 6.07) is 6.06. The van der Waals surface area contributed by atoms with Crippen LogP contribution in [-0.2, 0) is 16.1 Å². The molecule has 2 unspecified atom stereocenters. The molecule has 0 fully saturated rings. The highest BCUT2D eigenvalue weighted by Crippen LogP contribution is 2.34. The van der Waals surface area contributed by atoms with Crippen LogP contribution in [0.4, 0.5) is 0 Å². The van der Waals surface area contributed by atoms with Crippen LogP contribution in [-0.4, -0.2) is 30.6 Å². The summed E-state index contributed by atoms with van der Waals surface area (Å²) in [7, 11) is 1.44. The van der Waals surface area contributed by atoms with Gasteiger partial charge in [-0.1, -0.05) is 35.0 Å². The van der Waals surface area contributed by atoms with E-state index in [-0.39, 0.29) is 12.0 Å². The Hall–Kier alpha value is -0.870. The zero-order chi connectivity index (χ0) is 13.3. The van der Waals surface area contributed by atoms with Gasteiger partial charge in [-0.25, -0.2) is 0 Å². The van der Waals surface area contributed by atoms with Crippen molar-refractivity contribution < 1.29 is 9.53 Å². The van der Waals surface area contributed by atoms with Crippen LogP contribution in [0, 0.1) is 0 Å². The Morgan fingerprint density at radius 1 is 1.56 bits per heavy atom. The predicted octanol–water partition coefficient (Wildman–Crippen LogP) is 2.93. The summed E-state index contributed by atoms with van der Waals surface area (Å²) in [5.74, 6) is 0.247. The van der Waals surface area contributed by atoms with Crippen LogP contribution in [0.2, 0.25) is 0 Å². The fourth-order valence-electron chi connectivity index (χ4n) is 2.61. The minimum absolute atomic E-state index is 0.166. The quantitative estimate of drug-likeness (QED) is 0.787. The van der Waals surface area contributed by atoms with Crippen molar-refractivity contribution in [2.45, 2.75) is 32.4 Å². The van der Waals surface area contributed by atoms with Crippen molar-refractivity contribution in [2.24, 2.45) is 0 Å². The van der Waals surface area contributed by atoms with Gasteiger partial charge in [0.1, 0.15) is 6.04 Å². The molecule has 1 aromatic carbocycles. The molecule has 0 aliphatic carbocycles. The zero-order valence-corrected chi connectivity index (χ0v) is 12.5. The number of carbonyl (C=O) groups is 1. The van der Waals surface area contributed by atoms with E-state index in [0.717, 1.165) is 17.6 Å². The fraction of sp³-hybridized carbons (Fsp3) is 0.500. The molecule has 1 aliphatic rings. The molecule has 1 heterocycles. The number of rotatable bonds is 2. The van der Waals surface area contributed by atoms with E-state index in [4.69, 9.17) is 4.74 Å². The Labute approximate surface area is 116 Å². The third-order valence-corrected chi connectivity index (χ3v) is 4.30. The van der Waals surface area contributed by atoms with Gasteiger partial charge in [-0.2, -0.15) is 0 Å². The van der Waals surface area contributed by atoms with Gasteiger partial charge in [0.25, 0.3) is 0 Å². The van der Waals surface area contributed by atoms with Crippen LogP contribution in [0.15, 0.2) is 22.7 Å². The lowest BCUT2D eigenvalue weighted by Gasteiger charge is -2.36. The number of hydrogen-bond donors (Lipinski definition) is 0. The Morgan fingerprint density at radius 3 is 2.94 bits per heavy atom. The Kier molecular flexibility index (Phi) is 4.07. The second-order valence-electron chi connectivity index (χ2n) is 4.84. The topological polar surface area (TPSA) is 29.5 Å². The molecular weight excluding hydrogens is 294 g/mol. The number of nitrogens with zero attached hydrogens (tertiary/aromatic N) is 1. The summed E-state index contributed by atoms with van der Waals surface area (Å²) in [5.41, 5.74) is 2.66. The average Bonchev–Trinajstić information content (AvgIpc) is 2.36. The van der Waals surface area contributed by atoms with Gasteiger partial charge < -0.3 is 4.74 Å². The monoisotopic (exact) mass is 311 g/mol. The van der Waals surface area contributed by atoms with Crippen LogP contribution in [0.1, 0.15) is 30.9 Å². The Morgan fingerprint density at radius 2 is 2.28 bits per heavy atom. The van der Waals surface area contributed by atoms with Gasteiger partial charge >= 0.3 is 5.97 Å². The summed E-state index contributed by atoms with van der Waals surface area (Å²) in [5, 5.41) is 0. The molecule has 3 nitrogen and oxygen atoms in total. The molecule has 0 N–H and O–H groups in total. The number of carbonyl (C=O) groups excluding carboxylic acids is 1. The van der Waals surface area contributed by atoms with Crippen LogP contribution >= 0.6 is 15.9 Å². The Balaban J connectivity index is 2.26. The molecule has 2 atom stereocenters. The first-order valence-electron chi connectivity index (χ1n) is 6.13. The molecule has 4 heteroatoms. The molecule has 0 radical (unpaired) electrons. The number of methoxy groups -OCH3 is 1. The van der Waals surface area contributed by atoms with Crippen molar-refractivity contribution in [3.05, 3.63) is 33.8 Å². The number of fused-ring (bicyclic) bond motifs is 1. The number of hydrogen-bond acceptors (Lipinski definition) is 3. The van der Waals surface area contributed by atoms with E-state index in [1.165, 1.54) is 18.2 Å². The molecule has 1 aliphatic heterocycles. The van der Waals surface area contributed by atoms with E-state index < -0.39 is 0 Å². The second-order valence-corrected chi connectivity index (χ2v) is 5.70. The number of halogens is 1. The highest BCUT2D eigenvalue weighted by molar-refractivity contribution is 9.10. The Bertz CT molecular complexity index is 461. The van der Waals surface area contributed by atoms with Crippen molar-refractivity contribution in [2.75, 3.05) is 13.7 Å². The maximum Gasteiger partial charge on any atom is 0.322 e. The van der Waals surface area contributed by atoms with E-state index in [2.05, 4.69) is 39.9 Å². The first-order valence-corrected chi connectivity index (χ1v) is 6.93. The van der Waals surface area contributed by atoms with Crippen molar-refractivity contribution in [1.29, 1.82) is 0 Å². The van der Waals surface area contributed by atoms with Gasteiger partial charge in [-0.15, -0.1) is 0 Å². The molecule has 18 heavy (non-hydrogen) atoms. The minimum atomic E-state index is -0.190. The fourth-order valence-corrected chi connectivity index (χ4v) is 3.41. The average molecular weight is 312 g/mol. The summed E-state index contributed by atoms with van der Waals surface area (Å²) in [6.07, 6.45) is 0. The molecule has 0 amide bonds. The lowest BCUT2D eigenvalue weighted by Crippen LogP contribution is -2.43. The molecule has 98 valence electrons. The molecule has 0 aromatic heterocycles. The molecule has 0 bridgehead atoms. The highest BCUT2D eigenvalue weighted by Gasteiger charge is 2.30. The summed E-state index contributed by atoms with van der Waals surface area (Å²) < 4.78 is 5.99. The first-order chi connectivity index (χ1) is 8.54. The van der Waals surface area contributed by atoms with Crippen molar-refractivity contribution in [3.8, 4) is 0 Å². The third kappa shape index (κ3) is 2.45. The lowest BCUT2D eigenvalue weighted by atomic mass is 9.90. The summed E-state index contributed by atoms with van der Waals surface area (Å²) in [6.45, 7) is 5.78. The minimum Gasteiger partial charge on any atom is -0.468 e. The van der Waals surface area contributed by atoms with Gasteiger partial charge in [0.2, 0.25) is 0 Å². The smallest absolute Gasteiger partial charge is 0.322 e. The second kappa shape index (κ2) is 5.41. The third-order valence-electron chi connectivity index (χ3n) is 3.61. The van der Waals surface area contributed by atoms with Gasteiger partial charge in [-0.3, -0.25) is 9.69 Å². The summed E-state index contributed by atoms with van der Waals surface area (Å²) >= 11 is 3.61. The lowest BCUT2D eigenvalue weighted by molar-refractivity contribution is -0.146. The van der Waals surface area contributed by atoms with Gasteiger partial charge in [0.15, 0.2) is 0 Å². The van der Waals surface area contributed by atoms with Crippen LogP contribution < -0.4 is 0 Å². The maximum atomic E-state index is 11.6. The molecule has 0 saturated heterocycles. The highest BCUT2D eigenvalue weighted by atomic mass is 79.9. The summed E-state index contributed by atoms with van der Waals surface area (Å²) in [4.78, 5) is 13.8. The van der Waals surface area contributed by atoms with E-state index in [1.807, 2.05) is 13.0 Å². The van der Waals surface area contributed by atoms with Crippen LogP contribution in [0.25, 0.3) is 0 Å². The predicted molar refractivity (Wildman–Crippen MR) is 74.4 cm³/mol. The molecular formula is C14H18BrNO2. The first kappa shape index (κ1) is 13.6. The molecule has 1 aromatic rings. The molecule has 2 rings (SSSR count). The molecule has 0 spiro atoms. The van der Waals surface area contributed by atoms with E-state index in [1.54, 1.807) is 0 Å². The van der Waals surface area contributed by atoms with Crippen LogP contribution in [0.5, 0.6) is 0 Å². The van der Waals surface area contributed by atoms with Gasteiger partial charge in [-0.05, 0) is 30.0 Å². The standard InChI is InChI=1S/C14H18BrNO2/c1-9-7-16(10(2)14(17)18-3)8-11-5-4-6-12(15)13(9)11/h4-6,9-10H,7-8H2,1-3H3.